The van der Waals surface area contributed by atoms with Crippen molar-refractivity contribution in [3.8, 4) is 0 Å². The Bertz CT molecular complexity index is 1190. The second-order valence-electron chi connectivity index (χ2n) is 8.11. The number of likely N-dealkylation sites (tertiary alicyclic amines) is 1. The highest BCUT2D eigenvalue weighted by molar-refractivity contribution is 5.95. The number of H-pyrrole nitrogens is 1. The number of carbonyl (C=O) groups excluding carboxylic acids is 2. The van der Waals surface area contributed by atoms with Gasteiger partial charge in [-0.1, -0.05) is 6.07 Å². The molecule has 1 fully saturated rings. The Kier molecular flexibility index (Phi) is 5.50. The first-order chi connectivity index (χ1) is 14.8. The van der Waals surface area contributed by atoms with E-state index >= 15 is 0 Å². The molecule has 3 heterocycles. The molecule has 0 bridgehead atoms. The van der Waals surface area contributed by atoms with Crippen LogP contribution < -0.4 is 15.8 Å². The maximum Gasteiger partial charge on any atom is 0.274 e. The Labute approximate surface area is 179 Å². The number of amides is 2. The quantitative estimate of drug-likeness (QED) is 0.662. The predicted octanol–water partition coefficient (Wildman–Crippen LogP) is 1.43. The zero-order valence-electron chi connectivity index (χ0n) is 17.9. The van der Waals surface area contributed by atoms with E-state index in [0.717, 1.165) is 5.69 Å². The number of nitrogens with one attached hydrogen (secondary N) is 2. The first kappa shape index (κ1) is 20.6. The summed E-state index contributed by atoms with van der Waals surface area (Å²) in [5, 5.41) is 7.35. The number of piperidine rings is 1. The zero-order valence-corrected chi connectivity index (χ0v) is 17.9. The number of anilines is 1. The van der Waals surface area contributed by atoms with Gasteiger partial charge in [0.15, 0.2) is 5.69 Å². The van der Waals surface area contributed by atoms with Crippen molar-refractivity contribution in [1.29, 1.82) is 0 Å². The van der Waals surface area contributed by atoms with E-state index in [9.17, 15) is 14.4 Å². The van der Waals surface area contributed by atoms with E-state index in [2.05, 4.69) is 15.4 Å². The molecule has 0 spiro atoms. The van der Waals surface area contributed by atoms with Crippen LogP contribution in [0.25, 0.3) is 5.52 Å². The third-order valence-corrected chi connectivity index (χ3v) is 5.56. The summed E-state index contributed by atoms with van der Waals surface area (Å²) >= 11 is 0. The molecular weight excluding hydrogens is 396 g/mol. The maximum absolute atomic E-state index is 12.9. The molecule has 2 N–H and O–H groups in total. The lowest BCUT2D eigenvalue weighted by Crippen LogP contribution is -2.46. The molecule has 9 heteroatoms. The van der Waals surface area contributed by atoms with Crippen LogP contribution in [0, 0.1) is 6.92 Å². The van der Waals surface area contributed by atoms with Gasteiger partial charge in [-0.05, 0) is 38.0 Å². The highest BCUT2D eigenvalue weighted by atomic mass is 16.2. The fourth-order valence-corrected chi connectivity index (χ4v) is 3.81. The number of hydrogen-bond acceptors (Lipinski definition) is 5. The molecule has 9 nitrogen and oxygen atoms in total. The molecule has 0 aliphatic carbocycles. The number of aromatic amines is 1. The fourth-order valence-electron chi connectivity index (χ4n) is 3.81. The Balaban J connectivity index is 1.38. The van der Waals surface area contributed by atoms with Gasteiger partial charge in [-0.15, -0.1) is 0 Å². The van der Waals surface area contributed by atoms with Gasteiger partial charge in [-0.25, -0.2) is 4.52 Å². The molecule has 3 aromatic rings. The van der Waals surface area contributed by atoms with Gasteiger partial charge < -0.3 is 20.1 Å². The van der Waals surface area contributed by atoms with Crippen molar-refractivity contribution < 1.29 is 9.59 Å². The van der Waals surface area contributed by atoms with Crippen LogP contribution in [0.1, 0.15) is 39.4 Å². The number of benzene rings is 1. The molecule has 2 amide bonds. The van der Waals surface area contributed by atoms with Crippen molar-refractivity contribution in [2.75, 3.05) is 32.1 Å². The van der Waals surface area contributed by atoms with Gasteiger partial charge in [-0.2, -0.15) is 5.10 Å². The summed E-state index contributed by atoms with van der Waals surface area (Å²) in [6, 6.07) is 9.01. The number of hydrogen-bond donors (Lipinski definition) is 2. The van der Waals surface area contributed by atoms with Crippen LogP contribution in [0.3, 0.4) is 0 Å². The van der Waals surface area contributed by atoms with Crippen LogP contribution in [-0.2, 0) is 0 Å². The molecule has 0 atom stereocenters. The van der Waals surface area contributed by atoms with Gasteiger partial charge in [-0.3, -0.25) is 14.4 Å². The van der Waals surface area contributed by atoms with Crippen LogP contribution in [-0.4, -0.2) is 64.5 Å². The number of fused-ring (bicyclic) bond motifs is 1. The standard InChI is InChI=1S/C22H26N6O3/c1-14-13-28-19(21(30)23-14)12-18(25-28)22(31)27-9-7-16(8-10-27)24-20(29)15-5-4-6-17(11-15)26(2)3/h4-6,11-13,16H,7-10H2,1-3H3,(H,23,30)(H,24,29). The lowest BCUT2D eigenvalue weighted by atomic mass is 10.0. The minimum atomic E-state index is -0.272. The molecule has 0 saturated carbocycles. The first-order valence-electron chi connectivity index (χ1n) is 10.3. The third kappa shape index (κ3) is 4.30. The van der Waals surface area contributed by atoms with Crippen LogP contribution in [0.15, 0.2) is 41.3 Å². The number of rotatable bonds is 4. The fraction of sp³-hybridized carbons (Fsp3) is 0.364. The van der Waals surface area contributed by atoms with E-state index < -0.39 is 0 Å². The van der Waals surface area contributed by atoms with Crippen molar-refractivity contribution in [3.05, 3.63) is 63.8 Å². The maximum atomic E-state index is 12.9. The molecular formula is C22H26N6O3. The van der Waals surface area contributed by atoms with Gasteiger partial charge in [0.05, 0.1) is 0 Å². The molecule has 4 rings (SSSR count). The van der Waals surface area contributed by atoms with E-state index in [1.807, 2.05) is 37.2 Å². The van der Waals surface area contributed by atoms with Crippen LogP contribution in [0.2, 0.25) is 0 Å². The molecule has 1 aliphatic rings. The van der Waals surface area contributed by atoms with Gasteiger partial charge in [0, 0.05) is 62.4 Å². The predicted molar refractivity (Wildman–Crippen MR) is 118 cm³/mol. The molecule has 1 saturated heterocycles. The summed E-state index contributed by atoms with van der Waals surface area (Å²) in [5.74, 6) is -0.312. The normalized spacial score (nSPS) is 14.6. The number of aromatic nitrogens is 3. The summed E-state index contributed by atoms with van der Waals surface area (Å²) in [5.41, 5.74) is 2.58. The highest BCUT2D eigenvalue weighted by Gasteiger charge is 2.26. The van der Waals surface area contributed by atoms with Gasteiger partial charge >= 0.3 is 0 Å². The Morgan fingerprint density at radius 3 is 2.65 bits per heavy atom. The summed E-state index contributed by atoms with van der Waals surface area (Å²) in [6.07, 6.45) is 3.01. The van der Waals surface area contributed by atoms with Gasteiger partial charge in [0.2, 0.25) is 0 Å². The molecule has 1 aromatic carbocycles. The van der Waals surface area contributed by atoms with E-state index in [4.69, 9.17) is 0 Å². The van der Waals surface area contributed by atoms with Crippen molar-refractivity contribution >= 4 is 23.0 Å². The van der Waals surface area contributed by atoms with Crippen molar-refractivity contribution in [3.63, 3.8) is 0 Å². The van der Waals surface area contributed by atoms with E-state index in [1.165, 1.54) is 10.6 Å². The second-order valence-corrected chi connectivity index (χ2v) is 8.11. The monoisotopic (exact) mass is 422 g/mol. The lowest BCUT2D eigenvalue weighted by Gasteiger charge is -2.32. The van der Waals surface area contributed by atoms with Crippen LogP contribution >= 0.6 is 0 Å². The highest BCUT2D eigenvalue weighted by Crippen LogP contribution is 2.17. The van der Waals surface area contributed by atoms with E-state index in [1.54, 1.807) is 24.1 Å². The molecule has 162 valence electrons. The van der Waals surface area contributed by atoms with Gasteiger partial charge in [0.25, 0.3) is 17.4 Å². The zero-order chi connectivity index (χ0) is 22.1. The number of aryl methyl sites for hydroxylation is 1. The molecule has 0 unspecified atom stereocenters. The van der Waals surface area contributed by atoms with Crippen molar-refractivity contribution in [1.82, 2.24) is 24.8 Å². The largest absolute Gasteiger partial charge is 0.378 e. The topological polar surface area (TPSA) is 103 Å². The molecule has 0 radical (unpaired) electrons. The van der Waals surface area contributed by atoms with E-state index in [-0.39, 0.29) is 29.1 Å². The van der Waals surface area contributed by atoms with Gasteiger partial charge in [0.1, 0.15) is 5.52 Å². The molecule has 31 heavy (non-hydrogen) atoms. The molecule has 2 aromatic heterocycles. The minimum Gasteiger partial charge on any atom is -0.378 e. The van der Waals surface area contributed by atoms with Crippen molar-refractivity contribution in [2.45, 2.75) is 25.8 Å². The Hall–Kier alpha value is -3.62. The smallest absolute Gasteiger partial charge is 0.274 e. The number of nitrogens with zero attached hydrogens (tertiary/aromatic N) is 4. The third-order valence-electron chi connectivity index (χ3n) is 5.56. The minimum absolute atomic E-state index is 0.00567. The SMILES string of the molecule is Cc1cn2nc(C(=O)N3CCC(NC(=O)c4cccc(N(C)C)c4)CC3)cc2c(=O)[nH]1. The first-order valence-corrected chi connectivity index (χ1v) is 10.3. The average Bonchev–Trinajstić information content (AvgIpc) is 3.18. The average molecular weight is 422 g/mol. The lowest BCUT2D eigenvalue weighted by molar-refractivity contribution is 0.0692. The van der Waals surface area contributed by atoms with E-state index in [0.29, 0.717) is 42.7 Å². The summed E-state index contributed by atoms with van der Waals surface area (Å²) in [4.78, 5) is 43.9. The summed E-state index contributed by atoms with van der Waals surface area (Å²) in [7, 11) is 3.87. The Morgan fingerprint density at radius 1 is 1.19 bits per heavy atom. The second kappa shape index (κ2) is 8.25. The van der Waals surface area contributed by atoms with Crippen LogP contribution in [0.4, 0.5) is 5.69 Å². The van der Waals surface area contributed by atoms with Crippen molar-refractivity contribution in [2.24, 2.45) is 0 Å². The summed E-state index contributed by atoms with van der Waals surface area (Å²) in [6.45, 7) is 2.80. The van der Waals surface area contributed by atoms with Crippen LogP contribution in [0.5, 0.6) is 0 Å². The molecule has 1 aliphatic heterocycles. The summed E-state index contributed by atoms with van der Waals surface area (Å²) < 4.78 is 1.44. The Morgan fingerprint density at radius 2 is 1.94 bits per heavy atom. The number of carbonyl (C=O) groups is 2.